The second-order valence-electron chi connectivity index (χ2n) is 15.5. The number of para-hydroxylation sites is 4. The summed E-state index contributed by atoms with van der Waals surface area (Å²) in [5.41, 5.74) is 2.59. The number of benzene rings is 6. The van der Waals surface area contributed by atoms with Gasteiger partial charge in [0.1, 0.15) is 34.5 Å². The quantitative estimate of drug-likeness (QED) is 0.0840. The van der Waals surface area contributed by atoms with E-state index in [1.54, 1.807) is 84.9 Å². The Morgan fingerprint density at radius 2 is 0.559 bits per heavy atom. The Kier molecular flexibility index (Phi) is 13.3. The maximum Gasteiger partial charge on any atom is 0.530 e. The van der Waals surface area contributed by atoms with Gasteiger partial charge in [0.15, 0.2) is 30.9 Å². The first kappa shape index (κ1) is 44.5. The molecule has 6 aromatic carbocycles. The molecule has 0 aromatic heterocycles. The van der Waals surface area contributed by atoms with Gasteiger partial charge in [-0.2, -0.15) is 0 Å². The molecule has 0 bridgehead atoms. The number of rotatable bonds is 16. The predicted octanol–water partition coefficient (Wildman–Crippen LogP) is 10.2. The van der Waals surface area contributed by atoms with Crippen molar-refractivity contribution in [1.29, 1.82) is 0 Å². The summed E-state index contributed by atoms with van der Waals surface area (Å²) in [5, 5.41) is 0. The van der Waals surface area contributed by atoms with Crippen molar-refractivity contribution in [2.24, 2.45) is 0 Å². The van der Waals surface area contributed by atoms with E-state index >= 15 is 4.79 Å². The largest absolute Gasteiger partial charge is 0.530 e. The standard InChI is InChI=1S/C50H42O16P2/c51-45-35-15-9-21-41(65-67(61-37-17-5-1-11-31(37)47-53-23-24-54-47)62-38-18-6-2-12-32(38)48-55-25-26-56-48)43(35)46(52)44-36(45)16-10-22-42(44)66-68(63-39-19-7-3-13-33(39)49-57-27-28-58-49)64-40-20-8-4-14-34(40)50-59-29-30-60-50/h1-22,47-50H,23-30H2. The van der Waals surface area contributed by atoms with Gasteiger partial charge in [-0.25, -0.2) is 0 Å². The first-order valence-corrected chi connectivity index (χ1v) is 24.1. The normalized spacial score (nSPS) is 17.7. The smallest absolute Gasteiger partial charge is 0.408 e. The van der Waals surface area contributed by atoms with Crippen LogP contribution in [0, 0.1) is 0 Å². The fourth-order valence-corrected chi connectivity index (χ4v) is 10.3. The van der Waals surface area contributed by atoms with Gasteiger partial charge < -0.3 is 65.0 Å². The summed E-state index contributed by atoms with van der Waals surface area (Å²) in [6.45, 7) is 3.26. The average Bonchev–Trinajstić information content (AvgIpc) is 4.24. The molecular formula is C50H42O16P2. The van der Waals surface area contributed by atoms with Crippen LogP contribution in [-0.4, -0.2) is 64.4 Å². The minimum Gasteiger partial charge on any atom is -0.408 e. The summed E-state index contributed by atoms with van der Waals surface area (Å²) in [4.78, 5) is 29.8. The van der Waals surface area contributed by atoms with Crippen molar-refractivity contribution in [3.05, 3.63) is 178 Å². The molecule has 4 heterocycles. The van der Waals surface area contributed by atoms with Crippen LogP contribution in [0.25, 0.3) is 0 Å². The molecule has 0 atom stereocenters. The molecular weight excluding hydrogens is 918 g/mol. The number of ketones is 2. The SMILES string of the molecule is O=C1c2cccc(OP(Oc3ccccc3C3OCCO3)Oc3ccccc3C3OCCO3)c2C(=O)c2c(OP(Oc3ccccc3C3OCCO3)Oc3ccccc3C3OCCO3)cccc21. The van der Waals surface area contributed by atoms with E-state index in [-0.39, 0.29) is 33.8 Å². The number of hydrogen-bond donors (Lipinski definition) is 0. The highest BCUT2D eigenvalue weighted by atomic mass is 31.2. The van der Waals surface area contributed by atoms with Crippen LogP contribution >= 0.6 is 17.2 Å². The lowest BCUT2D eigenvalue weighted by molar-refractivity contribution is -0.0456. The third-order valence-corrected chi connectivity index (χ3v) is 13.3. The molecule has 0 unspecified atom stereocenters. The van der Waals surface area contributed by atoms with E-state index in [1.807, 2.05) is 48.5 Å². The molecule has 0 saturated carbocycles. The van der Waals surface area contributed by atoms with E-state index in [2.05, 4.69) is 0 Å². The van der Waals surface area contributed by atoms with E-state index in [4.69, 9.17) is 65.0 Å². The number of carbonyl (C=O) groups is 2. The number of carbonyl (C=O) groups excluding carboxylic acids is 2. The molecule has 11 rings (SSSR count). The Balaban J connectivity index is 0.949. The highest BCUT2D eigenvalue weighted by molar-refractivity contribution is 7.43. The van der Waals surface area contributed by atoms with Gasteiger partial charge in [0.2, 0.25) is 5.78 Å². The van der Waals surface area contributed by atoms with Crippen LogP contribution in [0.4, 0.5) is 0 Å². The first-order chi connectivity index (χ1) is 33.6. The van der Waals surface area contributed by atoms with Crippen molar-refractivity contribution in [3.8, 4) is 34.5 Å². The predicted molar refractivity (Wildman–Crippen MR) is 242 cm³/mol. The second kappa shape index (κ2) is 20.3. The fourth-order valence-electron chi connectivity index (χ4n) is 8.11. The van der Waals surface area contributed by atoms with Gasteiger partial charge in [0.05, 0.1) is 86.2 Å². The number of ether oxygens (including phenoxy) is 8. The minimum atomic E-state index is -2.45. The molecule has 4 aliphatic heterocycles. The topological polar surface area (TPSA) is 163 Å². The average molecular weight is 961 g/mol. The Hall–Kier alpha value is -6.00. The van der Waals surface area contributed by atoms with Crippen molar-refractivity contribution < 1.29 is 74.6 Å². The third kappa shape index (κ3) is 9.28. The molecule has 68 heavy (non-hydrogen) atoms. The molecule has 4 saturated heterocycles. The summed E-state index contributed by atoms with van der Waals surface area (Å²) in [6.07, 6.45) is -2.77. The van der Waals surface area contributed by atoms with Gasteiger partial charge in [0, 0.05) is 11.1 Å². The third-order valence-electron chi connectivity index (χ3n) is 11.2. The van der Waals surface area contributed by atoms with Gasteiger partial charge in [0.25, 0.3) is 0 Å². The Morgan fingerprint density at radius 3 is 0.853 bits per heavy atom. The summed E-state index contributed by atoms with van der Waals surface area (Å²) >= 11 is 0. The van der Waals surface area contributed by atoms with Crippen molar-refractivity contribution in [3.63, 3.8) is 0 Å². The number of hydrogen-bond acceptors (Lipinski definition) is 16. The van der Waals surface area contributed by atoms with Crippen LogP contribution in [0.1, 0.15) is 79.3 Å². The summed E-state index contributed by atoms with van der Waals surface area (Å²) < 4.78 is 86.3. The molecule has 18 heteroatoms. The van der Waals surface area contributed by atoms with Crippen molar-refractivity contribution in [2.75, 3.05) is 52.9 Å². The summed E-state index contributed by atoms with van der Waals surface area (Å²) in [7, 11) is -4.91. The summed E-state index contributed by atoms with van der Waals surface area (Å²) in [5.74, 6) is 0.484. The molecule has 5 aliphatic rings. The molecule has 6 aromatic rings. The van der Waals surface area contributed by atoms with E-state index in [9.17, 15) is 4.79 Å². The monoisotopic (exact) mass is 960 g/mol. The van der Waals surface area contributed by atoms with Gasteiger partial charge in [-0.1, -0.05) is 97.1 Å². The molecule has 0 amide bonds. The molecule has 1 aliphatic carbocycles. The molecule has 16 nitrogen and oxygen atoms in total. The molecule has 0 spiro atoms. The van der Waals surface area contributed by atoms with Gasteiger partial charge in [-0.05, 0) is 36.4 Å². The Morgan fingerprint density at radius 1 is 0.309 bits per heavy atom. The first-order valence-electron chi connectivity index (χ1n) is 21.9. The minimum absolute atomic E-state index is 0.0230. The van der Waals surface area contributed by atoms with Gasteiger partial charge in [-0.15, -0.1) is 0 Å². The number of fused-ring (bicyclic) bond motifs is 2. The molecule has 348 valence electrons. The molecule has 0 N–H and O–H groups in total. The highest BCUT2D eigenvalue weighted by Crippen LogP contribution is 2.52. The zero-order valence-corrected chi connectivity index (χ0v) is 37.9. The van der Waals surface area contributed by atoms with Crippen LogP contribution in [0.15, 0.2) is 133 Å². The van der Waals surface area contributed by atoms with Crippen molar-refractivity contribution >= 4 is 28.8 Å². The summed E-state index contributed by atoms with van der Waals surface area (Å²) in [6, 6.07) is 38.4. The van der Waals surface area contributed by atoms with Crippen LogP contribution in [0.2, 0.25) is 0 Å². The van der Waals surface area contributed by atoms with Gasteiger partial charge >= 0.3 is 17.2 Å². The van der Waals surface area contributed by atoms with Crippen LogP contribution in [-0.2, 0) is 37.9 Å². The van der Waals surface area contributed by atoms with E-state index < -0.39 is 53.9 Å². The zero-order chi connectivity index (χ0) is 45.8. The maximum absolute atomic E-state index is 15.2. The van der Waals surface area contributed by atoms with E-state index in [1.165, 1.54) is 0 Å². The van der Waals surface area contributed by atoms with Crippen LogP contribution in [0.3, 0.4) is 0 Å². The van der Waals surface area contributed by atoms with E-state index in [0.717, 1.165) is 0 Å². The van der Waals surface area contributed by atoms with Crippen molar-refractivity contribution in [2.45, 2.75) is 25.2 Å². The van der Waals surface area contributed by atoms with Crippen LogP contribution in [0.5, 0.6) is 34.5 Å². The highest BCUT2D eigenvalue weighted by Gasteiger charge is 2.39. The Labute approximate surface area is 392 Å². The lowest BCUT2D eigenvalue weighted by Gasteiger charge is -2.26. The van der Waals surface area contributed by atoms with Crippen LogP contribution < -0.4 is 27.1 Å². The fraction of sp³-hybridized carbons (Fsp3) is 0.240. The molecule has 0 radical (unpaired) electrons. The second-order valence-corrected chi connectivity index (χ2v) is 17.4. The lowest BCUT2D eigenvalue weighted by Crippen LogP contribution is -2.23. The Bertz CT molecular complexity index is 2480. The van der Waals surface area contributed by atoms with Crippen molar-refractivity contribution in [1.82, 2.24) is 0 Å². The lowest BCUT2D eigenvalue weighted by atomic mass is 9.83. The zero-order valence-electron chi connectivity index (χ0n) is 36.1. The van der Waals surface area contributed by atoms with Gasteiger partial charge in [-0.3, -0.25) is 9.59 Å². The van der Waals surface area contributed by atoms with E-state index in [0.29, 0.717) is 98.1 Å². The maximum atomic E-state index is 15.2. The molecule has 4 fully saturated rings.